The molecule has 1 heteroatoms. The van der Waals surface area contributed by atoms with Crippen LogP contribution in [-0.2, 0) is 0 Å². The number of para-hydroxylation sites is 1. The fourth-order valence-electron chi connectivity index (χ4n) is 2.37. The van der Waals surface area contributed by atoms with Crippen molar-refractivity contribution in [3.05, 3.63) is 66.8 Å². The lowest BCUT2D eigenvalue weighted by molar-refractivity contribution is 1.53. The van der Waals surface area contributed by atoms with Crippen LogP contribution in [0.15, 0.2) is 61.2 Å². The number of hydrogen-bond donors (Lipinski definition) is 1. The molecule has 0 aliphatic heterocycles. The standard InChI is InChI=1S/C17H15N/c1-3-6-12(2)13-9-10-17-15(11-13)14-7-4-5-8-16(14)18-17/h3-11,18H,1H2,2H3. The van der Waals surface area contributed by atoms with Crippen LogP contribution < -0.4 is 0 Å². The van der Waals surface area contributed by atoms with E-state index >= 15 is 0 Å². The van der Waals surface area contributed by atoms with E-state index in [0.717, 1.165) is 0 Å². The molecule has 18 heavy (non-hydrogen) atoms. The molecule has 0 amide bonds. The summed E-state index contributed by atoms with van der Waals surface area (Å²) in [6.45, 7) is 5.85. The van der Waals surface area contributed by atoms with Gasteiger partial charge in [-0.3, -0.25) is 0 Å². The van der Waals surface area contributed by atoms with E-state index in [0.29, 0.717) is 0 Å². The summed E-state index contributed by atoms with van der Waals surface area (Å²) in [5.41, 5.74) is 4.85. The highest BCUT2D eigenvalue weighted by Gasteiger charge is 2.04. The van der Waals surface area contributed by atoms with Crippen molar-refractivity contribution >= 4 is 27.4 Å². The van der Waals surface area contributed by atoms with Gasteiger partial charge in [0.15, 0.2) is 0 Å². The normalized spacial score (nSPS) is 12.2. The minimum Gasteiger partial charge on any atom is -0.355 e. The van der Waals surface area contributed by atoms with Gasteiger partial charge in [-0.15, -0.1) is 0 Å². The Morgan fingerprint density at radius 3 is 2.67 bits per heavy atom. The Kier molecular flexibility index (Phi) is 2.52. The van der Waals surface area contributed by atoms with E-state index in [1.165, 1.54) is 32.9 Å². The third-order valence-corrected chi connectivity index (χ3v) is 3.33. The molecule has 0 radical (unpaired) electrons. The number of allylic oxidation sites excluding steroid dienone is 3. The molecule has 0 saturated carbocycles. The van der Waals surface area contributed by atoms with Crippen LogP contribution in [0.5, 0.6) is 0 Å². The summed E-state index contributed by atoms with van der Waals surface area (Å²) in [5.74, 6) is 0. The molecule has 0 fully saturated rings. The molecule has 1 N–H and O–H groups in total. The zero-order valence-corrected chi connectivity index (χ0v) is 10.4. The number of hydrogen-bond acceptors (Lipinski definition) is 0. The monoisotopic (exact) mass is 233 g/mol. The summed E-state index contributed by atoms with van der Waals surface area (Å²) in [6, 6.07) is 14.9. The molecule has 0 aliphatic rings. The lowest BCUT2D eigenvalue weighted by atomic mass is 10.0. The van der Waals surface area contributed by atoms with Crippen LogP contribution in [0.3, 0.4) is 0 Å². The highest BCUT2D eigenvalue weighted by Crippen LogP contribution is 2.28. The predicted octanol–water partition coefficient (Wildman–Crippen LogP) is 4.91. The molecule has 3 rings (SSSR count). The van der Waals surface area contributed by atoms with Crippen LogP contribution in [0.1, 0.15) is 12.5 Å². The molecule has 0 unspecified atom stereocenters. The Bertz CT molecular complexity index is 759. The largest absolute Gasteiger partial charge is 0.355 e. The van der Waals surface area contributed by atoms with E-state index in [1.807, 2.05) is 12.2 Å². The van der Waals surface area contributed by atoms with E-state index in [9.17, 15) is 0 Å². The molecule has 1 heterocycles. The van der Waals surface area contributed by atoms with Gasteiger partial charge in [-0.25, -0.2) is 0 Å². The van der Waals surface area contributed by atoms with Crippen molar-refractivity contribution in [2.24, 2.45) is 0 Å². The van der Waals surface area contributed by atoms with Crippen molar-refractivity contribution in [3.63, 3.8) is 0 Å². The third kappa shape index (κ3) is 1.65. The van der Waals surface area contributed by atoms with Crippen molar-refractivity contribution in [3.8, 4) is 0 Å². The Morgan fingerprint density at radius 1 is 1.06 bits per heavy atom. The SMILES string of the molecule is C=CC=C(C)c1ccc2[nH]c3ccccc3c2c1. The molecule has 3 aromatic rings. The lowest BCUT2D eigenvalue weighted by Crippen LogP contribution is -1.78. The Morgan fingerprint density at radius 2 is 1.83 bits per heavy atom. The molecule has 88 valence electrons. The van der Waals surface area contributed by atoms with Gasteiger partial charge in [0.05, 0.1) is 0 Å². The molecular formula is C17H15N. The van der Waals surface area contributed by atoms with Crippen molar-refractivity contribution in [2.45, 2.75) is 6.92 Å². The minimum atomic E-state index is 1.19. The number of fused-ring (bicyclic) bond motifs is 3. The molecular weight excluding hydrogens is 218 g/mol. The number of aromatic nitrogens is 1. The van der Waals surface area contributed by atoms with Gasteiger partial charge < -0.3 is 4.98 Å². The summed E-state index contributed by atoms with van der Waals surface area (Å²) in [6.07, 6.45) is 3.87. The number of nitrogens with one attached hydrogen (secondary N) is 1. The van der Waals surface area contributed by atoms with Crippen LogP contribution >= 0.6 is 0 Å². The van der Waals surface area contributed by atoms with Crippen molar-refractivity contribution in [1.29, 1.82) is 0 Å². The maximum Gasteiger partial charge on any atom is 0.0465 e. The van der Waals surface area contributed by atoms with Gasteiger partial charge in [0.2, 0.25) is 0 Å². The summed E-state index contributed by atoms with van der Waals surface area (Å²) in [4.78, 5) is 3.44. The maximum absolute atomic E-state index is 3.75. The molecule has 0 spiro atoms. The van der Waals surface area contributed by atoms with E-state index in [1.54, 1.807) is 0 Å². The average molecular weight is 233 g/mol. The Hall–Kier alpha value is -2.28. The lowest BCUT2D eigenvalue weighted by Gasteiger charge is -2.01. The highest BCUT2D eigenvalue weighted by molar-refractivity contribution is 6.07. The fourth-order valence-corrected chi connectivity index (χ4v) is 2.37. The van der Waals surface area contributed by atoms with Crippen LogP contribution in [0, 0.1) is 0 Å². The van der Waals surface area contributed by atoms with Gasteiger partial charge in [0.25, 0.3) is 0 Å². The Labute approximate surface area is 106 Å². The van der Waals surface area contributed by atoms with Crippen LogP contribution in [0.25, 0.3) is 27.4 Å². The van der Waals surface area contributed by atoms with Crippen LogP contribution in [-0.4, -0.2) is 4.98 Å². The van der Waals surface area contributed by atoms with E-state index in [-0.39, 0.29) is 0 Å². The molecule has 1 aromatic heterocycles. The zero-order valence-electron chi connectivity index (χ0n) is 10.4. The Balaban J connectivity index is 2.31. The minimum absolute atomic E-state index is 1.19. The molecule has 0 bridgehead atoms. The first-order chi connectivity index (χ1) is 8.79. The predicted molar refractivity (Wildman–Crippen MR) is 79.7 cm³/mol. The molecule has 1 nitrogen and oxygen atoms in total. The van der Waals surface area contributed by atoms with E-state index < -0.39 is 0 Å². The van der Waals surface area contributed by atoms with Gasteiger partial charge in [0, 0.05) is 21.8 Å². The first-order valence-electron chi connectivity index (χ1n) is 6.10. The summed E-state index contributed by atoms with van der Waals surface area (Å²) >= 11 is 0. The number of benzene rings is 2. The summed E-state index contributed by atoms with van der Waals surface area (Å²) < 4.78 is 0. The van der Waals surface area contributed by atoms with Crippen molar-refractivity contribution in [1.82, 2.24) is 4.98 Å². The third-order valence-electron chi connectivity index (χ3n) is 3.33. The topological polar surface area (TPSA) is 15.8 Å². The second kappa shape index (κ2) is 4.19. The first-order valence-corrected chi connectivity index (χ1v) is 6.10. The average Bonchev–Trinajstić information content (AvgIpc) is 2.76. The number of rotatable bonds is 2. The molecule has 2 aromatic carbocycles. The summed E-state index contributed by atoms with van der Waals surface area (Å²) in [5, 5.41) is 2.56. The molecule has 0 saturated heterocycles. The fraction of sp³-hybridized carbons (Fsp3) is 0.0588. The second-order valence-corrected chi connectivity index (χ2v) is 4.52. The van der Waals surface area contributed by atoms with Crippen molar-refractivity contribution in [2.75, 3.05) is 0 Å². The van der Waals surface area contributed by atoms with Gasteiger partial charge in [-0.2, -0.15) is 0 Å². The zero-order chi connectivity index (χ0) is 12.5. The van der Waals surface area contributed by atoms with Gasteiger partial charge in [-0.1, -0.05) is 43.0 Å². The van der Waals surface area contributed by atoms with Gasteiger partial charge in [-0.05, 0) is 36.3 Å². The summed E-state index contributed by atoms with van der Waals surface area (Å²) in [7, 11) is 0. The van der Waals surface area contributed by atoms with Crippen LogP contribution in [0.2, 0.25) is 0 Å². The number of H-pyrrole nitrogens is 1. The smallest absolute Gasteiger partial charge is 0.0465 e. The second-order valence-electron chi connectivity index (χ2n) is 4.52. The van der Waals surface area contributed by atoms with Gasteiger partial charge in [0.1, 0.15) is 0 Å². The molecule has 0 atom stereocenters. The van der Waals surface area contributed by atoms with Crippen molar-refractivity contribution < 1.29 is 0 Å². The van der Waals surface area contributed by atoms with E-state index in [2.05, 4.69) is 61.0 Å². The number of aromatic amines is 1. The quantitative estimate of drug-likeness (QED) is 0.605. The van der Waals surface area contributed by atoms with Crippen LogP contribution in [0.4, 0.5) is 0 Å². The molecule has 0 aliphatic carbocycles. The van der Waals surface area contributed by atoms with Gasteiger partial charge >= 0.3 is 0 Å². The first kappa shape index (κ1) is 10.8. The highest BCUT2D eigenvalue weighted by atomic mass is 14.7. The van der Waals surface area contributed by atoms with E-state index in [4.69, 9.17) is 0 Å². The maximum atomic E-state index is 3.75.